The second-order valence-corrected chi connectivity index (χ2v) is 4.56. The molecule has 4 nitrogen and oxygen atoms in total. The van der Waals surface area contributed by atoms with Gasteiger partial charge in [0, 0.05) is 12.2 Å². The summed E-state index contributed by atoms with van der Waals surface area (Å²) in [5.41, 5.74) is 1.84. The molecular formula is C15H24O4. The summed E-state index contributed by atoms with van der Waals surface area (Å²) in [6.45, 7) is 7.29. The minimum absolute atomic E-state index is 0.0367. The summed E-state index contributed by atoms with van der Waals surface area (Å²) in [5.74, 6) is 0.680. The van der Waals surface area contributed by atoms with Gasteiger partial charge in [-0.3, -0.25) is 0 Å². The molecule has 0 amide bonds. The van der Waals surface area contributed by atoms with Gasteiger partial charge in [-0.1, -0.05) is 11.6 Å². The predicted octanol–water partition coefficient (Wildman–Crippen LogP) is 2.48. The smallest absolute Gasteiger partial charge is 0.124 e. The molecule has 108 valence electrons. The van der Waals surface area contributed by atoms with Crippen molar-refractivity contribution in [1.29, 1.82) is 0 Å². The Morgan fingerprint density at radius 2 is 2.00 bits per heavy atom. The van der Waals surface area contributed by atoms with E-state index in [1.165, 1.54) is 0 Å². The highest BCUT2D eigenvalue weighted by atomic mass is 16.5. The first-order chi connectivity index (χ1) is 9.08. The lowest BCUT2D eigenvalue weighted by molar-refractivity contribution is -0.0399. The van der Waals surface area contributed by atoms with Crippen molar-refractivity contribution in [3.8, 4) is 5.75 Å². The number of aliphatic hydroxyl groups excluding tert-OH is 1. The van der Waals surface area contributed by atoms with Crippen LogP contribution in [0.4, 0.5) is 0 Å². The van der Waals surface area contributed by atoms with Crippen molar-refractivity contribution < 1.29 is 19.3 Å². The normalized spacial score (nSPS) is 14.2. The first kappa shape index (κ1) is 16.0. The van der Waals surface area contributed by atoms with Gasteiger partial charge in [0.15, 0.2) is 0 Å². The van der Waals surface area contributed by atoms with Gasteiger partial charge in [0.2, 0.25) is 0 Å². The van der Waals surface area contributed by atoms with Crippen molar-refractivity contribution >= 4 is 0 Å². The van der Waals surface area contributed by atoms with E-state index >= 15 is 0 Å². The lowest BCUT2D eigenvalue weighted by Gasteiger charge is -2.18. The topological polar surface area (TPSA) is 47.9 Å². The van der Waals surface area contributed by atoms with Gasteiger partial charge in [0.05, 0.1) is 26.4 Å². The van der Waals surface area contributed by atoms with E-state index in [1.807, 2.05) is 39.0 Å². The monoisotopic (exact) mass is 268 g/mol. The van der Waals surface area contributed by atoms with Gasteiger partial charge in [0.1, 0.15) is 11.9 Å². The molecule has 1 aromatic rings. The highest BCUT2D eigenvalue weighted by Crippen LogP contribution is 2.26. The number of aryl methyl sites for hydroxylation is 1. The Morgan fingerprint density at radius 3 is 2.63 bits per heavy atom. The van der Waals surface area contributed by atoms with Crippen LogP contribution in [0, 0.1) is 6.92 Å². The van der Waals surface area contributed by atoms with E-state index in [4.69, 9.17) is 14.2 Å². The van der Waals surface area contributed by atoms with Crippen LogP contribution in [0.25, 0.3) is 0 Å². The Balaban J connectivity index is 2.57. The summed E-state index contributed by atoms with van der Waals surface area (Å²) in [7, 11) is 1.60. The molecule has 1 aromatic carbocycles. The van der Waals surface area contributed by atoms with Crippen molar-refractivity contribution in [3.63, 3.8) is 0 Å². The largest absolute Gasteiger partial charge is 0.496 e. The van der Waals surface area contributed by atoms with Gasteiger partial charge in [-0.15, -0.1) is 0 Å². The molecule has 0 aliphatic heterocycles. The third-order valence-electron chi connectivity index (χ3n) is 2.84. The fourth-order valence-corrected chi connectivity index (χ4v) is 1.79. The van der Waals surface area contributed by atoms with Crippen LogP contribution in [0.3, 0.4) is 0 Å². The van der Waals surface area contributed by atoms with Crippen molar-refractivity contribution in [2.75, 3.05) is 26.9 Å². The summed E-state index contributed by atoms with van der Waals surface area (Å²) in [6, 6.07) is 5.73. The maximum absolute atomic E-state index is 10.2. The second kappa shape index (κ2) is 8.15. The van der Waals surface area contributed by atoms with Crippen LogP contribution in [0.1, 0.15) is 31.1 Å². The molecule has 0 aromatic heterocycles. The molecule has 0 radical (unpaired) electrons. The number of ether oxygens (including phenoxy) is 3. The molecule has 0 saturated heterocycles. The molecule has 1 rings (SSSR count). The average Bonchev–Trinajstić information content (AvgIpc) is 2.42. The van der Waals surface area contributed by atoms with Crippen LogP contribution in [-0.2, 0) is 9.47 Å². The van der Waals surface area contributed by atoms with E-state index in [2.05, 4.69) is 0 Å². The molecule has 19 heavy (non-hydrogen) atoms. The van der Waals surface area contributed by atoms with Crippen LogP contribution >= 0.6 is 0 Å². The quantitative estimate of drug-likeness (QED) is 0.787. The Hall–Kier alpha value is -1.10. The zero-order valence-electron chi connectivity index (χ0n) is 12.2. The van der Waals surface area contributed by atoms with Gasteiger partial charge in [-0.2, -0.15) is 0 Å². The molecular weight excluding hydrogens is 244 g/mol. The van der Waals surface area contributed by atoms with E-state index < -0.39 is 6.10 Å². The number of hydrogen-bond acceptors (Lipinski definition) is 4. The van der Waals surface area contributed by atoms with Gasteiger partial charge < -0.3 is 19.3 Å². The number of aliphatic hydroxyl groups is 1. The number of hydrogen-bond donors (Lipinski definition) is 1. The first-order valence-corrected chi connectivity index (χ1v) is 6.60. The minimum atomic E-state index is -0.695. The van der Waals surface area contributed by atoms with Crippen LogP contribution in [0.2, 0.25) is 0 Å². The Morgan fingerprint density at radius 1 is 1.26 bits per heavy atom. The van der Waals surface area contributed by atoms with Crippen LogP contribution in [-0.4, -0.2) is 38.1 Å². The third kappa shape index (κ3) is 5.19. The van der Waals surface area contributed by atoms with Crippen molar-refractivity contribution in [2.24, 2.45) is 0 Å². The molecule has 0 saturated carbocycles. The van der Waals surface area contributed by atoms with E-state index in [1.54, 1.807) is 7.11 Å². The average molecular weight is 268 g/mol. The zero-order chi connectivity index (χ0) is 14.3. The molecule has 1 N–H and O–H groups in total. The minimum Gasteiger partial charge on any atom is -0.496 e. The standard InChI is InChI=1S/C15H24O4/c1-5-18-9-12(3)19-10-14(16)13-8-11(2)6-7-15(13)17-4/h6-8,12,14,16H,5,9-10H2,1-4H3. The second-order valence-electron chi connectivity index (χ2n) is 4.56. The summed E-state index contributed by atoms with van der Waals surface area (Å²) in [5, 5.41) is 10.2. The SMILES string of the molecule is CCOCC(C)OCC(O)c1cc(C)ccc1OC. The van der Waals surface area contributed by atoms with Crippen molar-refractivity contribution in [3.05, 3.63) is 29.3 Å². The highest BCUT2D eigenvalue weighted by molar-refractivity contribution is 5.38. The molecule has 0 aliphatic rings. The van der Waals surface area contributed by atoms with E-state index in [0.29, 0.717) is 19.0 Å². The van der Waals surface area contributed by atoms with Gasteiger partial charge in [-0.25, -0.2) is 0 Å². The molecule has 0 aliphatic carbocycles. The van der Waals surface area contributed by atoms with Crippen molar-refractivity contribution in [1.82, 2.24) is 0 Å². The van der Waals surface area contributed by atoms with E-state index in [-0.39, 0.29) is 12.7 Å². The van der Waals surface area contributed by atoms with E-state index in [0.717, 1.165) is 11.1 Å². The molecule has 4 heteroatoms. The van der Waals surface area contributed by atoms with Crippen LogP contribution in [0.15, 0.2) is 18.2 Å². The van der Waals surface area contributed by atoms with E-state index in [9.17, 15) is 5.11 Å². The Labute approximate surface area is 115 Å². The Kier molecular flexibility index (Phi) is 6.84. The van der Waals surface area contributed by atoms with Gasteiger partial charge in [-0.05, 0) is 32.9 Å². The molecule has 2 atom stereocenters. The first-order valence-electron chi connectivity index (χ1n) is 6.60. The molecule has 0 heterocycles. The van der Waals surface area contributed by atoms with Crippen molar-refractivity contribution in [2.45, 2.75) is 33.0 Å². The third-order valence-corrected chi connectivity index (χ3v) is 2.84. The fourth-order valence-electron chi connectivity index (χ4n) is 1.79. The summed E-state index contributed by atoms with van der Waals surface area (Å²) in [6.07, 6.45) is -0.732. The van der Waals surface area contributed by atoms with Crippen LogP contribution < -0.4 is 4.74 Å². The number of rotatable bonds is 8. The lowest BCUT2D eigenvalue weighted by atomic mass is 10.1. The van der Waals surface area contributed by atoms with Crippen LogP contribution in [0.5, 0.6) is 5.75 Å². The van der Waals surface area contributed by atoms with Gasteiger partial charge >= 0.3 is 0 Å². The molecule has 2 unspecified atom stereocenters. The fraction of sp³-hybridized carbons (Fsp3) is 0.600. The summed E-state index contributed by atoms with van der Waals surface area (Å²) < 4.78 is 16.1. The maximum Gasteiger partial charge on any atom is 0.124 e. The maximum atomic E-state index is 10.2. The predicted molar refractivity (Wildman–Crippen MR) is 74.6 cm³/mol. The van der Waals surface area contributed by atoms with Gasteiger partial charge in [0.25, 0.3) is 0 Å². The summed E-state index contributed by atoms with van der Waals surface area (Å²) in [4.78, 5) is 0. The summed E-state index contributed by atoms with van der Waals surface area (Å²) >= 11 is 0. The zero-order valence-corrected chi connectivity index (χ0v) is 12.2. The Bertz CT molecular complexity index is 378. The number of methoxy groups -OCH3 is 1. The highest BCUT2D eigenvalue weighted by Gasteiger charge is 2.15. The molecule has 0 bridgehead atoms. The molecule has 0 spiro atoms. The molecule has 0 fully saturated rings. The number of benzene rings is 1. The lowest BCUT2D eigenvalue weighted by Crippen LogP contribution is -2.20.